The molecule has 0 saturated heterocycles. The minimum Gasteiger partial charge on any atom is -0.481 e. The first-order chi connectivity index (χ1) is 22.0. The Morgan fingerprint density at radius 2 is 1.53 bits per heavy atom. The van der Waals surface area contributed by atoms with E-state index in [1.807, 2.05) is 18.2 Å². The maximum atomic E-state index is 12.3. The molecule has 228 valence electrons. The molecule has 1 aliphatic rings. The van der Waals surface area contributed by atoms with Gasteiger partial charge in [0, 0.05) is 40.8 Å². The van der Waals surface area contributed by atoms with E-state index in [9.17, 15) is 9.59 Å². The molecule has 0 aliphatic heterocycles. The summed E-state index contributed by atoms with van der Waals surface area (Å²) in [5.41, 5.74) is 9.54. The Bertz CT molecular complexity index is 1740. The van der Waals surface area contributed by atoms with Crippen LogP contribution in [0, 0.1) is 0 Å². The summed E-state index contributed by atoms with van der Waals surface area (Å²) in [5.74, 6) is -0.620. The molecule has 5 aromatic rings. The second-order valence-electron chi connectivity index (χ2n) is 11.6. The number of anilines is 1. The van der Waals surface area contributed by atoms with Crippen molar-refractivity contribution in [2.45, 2.75) is 51.0 Å². The number of thiazole rings is 1. The van der Waals surface area contributed by atoms with Crippen LogP contribution in [0.1, 0.15) is 65.9 Å². The van der Waals surface area contributed by atoms with E-state index in [-0.39, 0.29) is 18.9 Å². The number of nitrogens with one attached hydrogen (secondary N) is 2. The minimum atomic E-state index is -0.936. The Kier molecular flexibility index (Phi) is 9.66. The number of nitrogens with zero attached hydrogens (tertiary/aromatic N) is 1. The fourth-order valence-corrected chi connectivity index (χ4v) is 6.79. The van der Waals surface area contributed by atoms with Crippen LogP contribution in [0.25, 0.3) is 33.0 Å². The number of aliphatic carboxylic acids is 1. The van der Waals surface area contributed by atoms with Gasteiger partial charge in [-0.2, -0.15) is 0 Å². The molecule has 1 aliphatic carbocycles. The minimum absolute atomic E-state index is 0.100. The van der Waals surface area contributed by atoms with Crippen molar-refractivity contribution >= 4 is 28.9 Å². The summed E-state index contributed by atoms with van der Waals surface area (Å²) >= 11 is 1.67. The lowest BCUT2D eigenvalue weighted by molar-refractivity contribution is -0.136. The predicted octanol–water partition coefficient (Wildman–Crippen LogP) is 9.01. The van der Waals surface area contributed by atoms with Gasteiger partial charge in [-0.3, -0.25) is 9.59 Å². The van der Waals surface area contributed by atoms with Gasteiger partial charge in [-0.05, 0) is 65.3 Å². The molecule has 3 N–H and O–H groups in total. The Morgan fingerprint density at radius 1 is 0.822 bits per heavy atom. The van der Waals surface area contributed by atoms with Crippen molar-refractivity contribution in [2.75, 3.05) is 11.9 Å². The highest BCUT2D eigenvalue weighted by Crippen LogP contribution is 2.39. The summed E-state index contributed by atoms with van der Waals surface area (Å²) in [4.78, 5) is 28.2. The normalized spacial score (nSPS) is 13.3. The highest BCUT2D eigenvalue weighted by atomic mass is 32.1. The molecule has 45 heavy (non-hydrogen) atoms. The zero-order valence-corrected chi connectivity index (χ0v) is 26.0. The van der Waals surface area contributed by atoms with Crippen LogP contribution in [0.3, 0.4) is 0 Å². The first kappa shape index (κ1) is 30.3. The number of carboxylic acids is 1. The van der Waals surface area contributed by atoms with Crippen molar-refractivity contribution in [2.24, 2.45) is 0 Å². The number of carboxylic acid groups (broad SMARTS) is 1. The van der Waals surface area contributed by atoms with Crippen molar-refractivity contribution in [1.29, 1.82) is 0 Å². The van der Waals surface area contributed by atoms with E-state index in [1.54, 1.807) is 23.5 Å². The van der Waals surface area contributed by atoms with Gasteiger partial charge in [0.25, 0.3) is 5.91 Å². The first-order valence-corrected chi connectivity index (χ1v) is 16.5. The smallest absolute Gasteiger partial charge is 0.305 e. The van der Waals surface area contributed by atoms with E-state index < -0.39 is 5.97 Å². The van der Waals surface area contributed by atoms with E-state index in [1.165, 1.54) is 48.8 Å². The molecule has 0 spiro atoms. The number of benzene rings is 4. The Hall–Kier alpha value is -4.75. The van der Waals surface area contributed by atoms with Gasteiger partial charge >= 0.3 is 5.97 Å². The maximum absolute atomic E-state index is 12.3. The molecular formula is C38H37N3O3S. The number of hydrogen-bond donors (Lipinski definition) is 3. The van der Waals surface area contributed by atoms with E-state index in [0.717, 1.165) is 33.1 Å². The molecule has 1 aromatic heterocycles. The molecule has 0 bridgehead atoms. The molecule has 0 radical (unpaired) electrons. The molecule has 0 atom stereocenters. The van der Waals surface area contributed by atoms with Crippen LogP contribution in [0.15, 0.2) is 102 Å². The third kappa shape index (κ3) is 7.67. The van der Waals surface area contributed by atoms with Crippen LogP contribution >= 0.6 is 11.3 Å². The summed E-state index contributed by atoms with van der Waals surface area (Å²) in [5, 5.41) is 18.2. The molecule has 1 fully saturated rings. The number of carbonyl (C=O) groups excluding carboxylic acids is 1. The van der Waals surface area contributed by atoms with E-state index >= 15 is 0 Å². The molecule has 0 unspecified atom stereocenters. The molecule has 4 aromatic carbocycles. The first-order valence-electron chi connectivity index (χ1n) is 15.6. The van der Waals surface area contributed by atoms with E-state index in [4.69, 9.17) is 10.1 Å². The van der Waals surface area contributed by atoms with Crippen molar-refractivity contribution in [3.63, 3.8) is 0 Å². The SMILES string of the molecule is O=C(O)CCNC(=O)c1ccc(CNc2ccc(C3CCCCC3)cc2-c2nc(-c3ccc(-c4ccccc4)cc3)cs2)cc1. The highest BCUT2D eigenvalue weighted by Gasteiger charge is 2.19. The number of hydrogen-bond acceptors (Lipinski definition) is 5. The zero-order valence-electron chi connectivity index (χ0n) is 25.2. The maximum Gasteiger partial charge on any atom is 0.305 e. The van der Waals surface area contributed by atoms with Crippen LogP contribution in [-0.4, -0.2) is 28.5 Å². The topological polar surface area (TPSA) is 91.3 Å². The quantitative estimate of drug-likeness (QED) is 0.138. The molecule has 6 rings (SSSR count). The van der Waals surface area contributed by atoms with Crippen molar-refractivity contribution in [3.05, 3.63) is 119 Å². The summed E-state index contributed by atoms with van der Waals surface area (Å²) in [7, 11) is 0. The average Bonchev–Trinajstić information content (AvgIpc) is 3.58. The fraction of sp³-hybridized carbons (Fsp3) is 0.237. The van der Waals surface area contributed by atoms with Gasteiger partial charge in [0.05, 0.1) is 12.1 Å². The Morgan fingerprint density at radius 3 is 2.27 bits per heavy atom. The van der Waals surface area contributed by atoms with Gasteiger partial charge < -0.3 is 15.7 Å². The van der Waals surface area contributed by atoms with E-state index in [2.05, 4.69) is 82.7 Å². The van der Waals surface area contributed by atoms with Gasteiger partial charge in [0.1, 0.15) is 5.01 Å². The van der Waals surface area contributed by atoms with Crippen LogP contribution in [-0.2, 0) is 11.3 Å². The van der Waals surface area contributed by atoms with Crippen LogP contribution in [0.2, 0.25) is 0 Å². The second kappa shape index (κ2) is 14.4. The fourth-order valence-electron chi connectivity index (χ4n) is 5.93. The lowest BCUT2D eigenvalue weighted by Crippen LogP contribution is -2.25. The van der Waals surface area contributed by atoms with Gasteiger partial charge in [-0.15, -0.1) is 11.3 Å². The van der Waals surface area contributed by atoms with Gasteiger partial charge in [0.15, 0.2) is 0 Å². The lowest BCUT2D eigenvalue weighted by Gasteiger charge is -2.23. The summed E-state index contributed by atoms with van der Waals surface area (Å²) in [6.07, 6.45) is 6.27. The zero-order chi connectivity index (χ0) is 31.0. The van der Waals surface area contributed by atoms with E-state index in [0.29, 0.717) is 18.0 Å². The monoisotopic (exact) mass is 615 g/mol. The molecule has 7 heteroatoms. The van der Waals surface area contributed by atoms with Crippen LogP contribution < -0.4 is 10.6 Å². The Labute approximate surface area is 268 Å². The lowest BCUT2D eigenvalue weighted by atomic mass is 9.83. The average molecular weight is 616 g/mol. The summed E-state index contributed by atoms with van der Waals surface area (Å²) in [6.45, 7) is 0.699. The molecule has 1 amide bonds. The second-order valence-corrected chi connectivity index (χ2v) is 12.4. The van der Waals surface area contributed by atoms with Crippen LogP contribution in [0.4, 0.5) is 5.69 Å². The van der Waals surface area contributed by atoms with Crippen LogP contribution in [0.5, 0.6) is 0 Å². The van der Waals surface area contributed by atoms with Crippen molar-refractivity contribution in [3.8, 4) is 33.0 Å². The number of carbonyl (C=O) groups is 2. The highest BCUT2D eigenvalue weighted by molar-refractivity contribution is 7.13. The molecule has 1 saturated carbocycles. The van der Waals surface area contributed by atoms with Crippen molar-refractivity contribution in [1.82, 2.24) is 10.3 Å². The Balaban J connectivity index is 1.21. The standard InChI is InChI=1S/C38H37N3O3S/c42-36(43)21-22-39-37(44)31-13-11-26(12-14-31)24-40-34-20-19-32(28-9-5-2-6-10-28)23-33(34)38-41-35(25-45-38)30-17-15-29(16-18-30)27-7-3-1-4-8-27/h1,3-4,7-8,11-20,23,25,28,40H,2,5-6,9-10,21-22,24H2,(H,39,44)(H,42,43). The summed E-state index contributed by atoms with van der Waals surface area (Å²) in [6, 6.07) is 33.2. The third-order valence-corrected chi connectivity index (χ3v) is 9.34. The summed E-state index contributed by atoms with van der Waals surface area (Å²) < 4.78 is 0. The van der Waals surface area contributed by atoms with Gasteiger partial charge in [-0.1, -0.05) is 92.1 Å². The largest absolute Gasteiger partial charge is 0.481 e. The van der Waals surface area contributed by atoms with Gasteiger partial charge in [-0.25, -0.2) is 4.98 Å². The molecular weight excluding hydrogens is 579 g/mol. The molecule has 6 nitrogen and oxygen atoms in total. The number of rotatable bonds is 11. The molecule has 1 heterocycles. The van der Waals surface area contributed by atoms with Gasteiger partial charge in [0.2, 0.25) is 0 Å². The predicted molar refractivity (Wildman–Crippen MR) is 183 cm³/mol. The van der Waals surface area contributed by atoms with Crippen molar-refractivity contribution < 1.29 is 14.7 Å². The third-order valence-electron chi connectivity index (χ3n) is 8.47. The number of amides is 1. The number of aromatic nitrogens is 1.